The van der Waals surface area contributed by atoms with Crippen molar-refractivity contribution >= 4 is 5.91 Å². The van der Waals surface area contributed by atoms with Gasteiger partial charge in [-0.15, -0.1) is 0 Å². The third-order valence-corrected chi connectivity index (χ3v) is 2.65. The summed E-state index contributed by atoms with van der Waals surface area (Å²) < 4.78 is 5.38. The van der Waals surface area contributed by atoms with Gasteiger partial charge in [0.2, 0.25) is 5.91 Å². The van der Waals surface area contributed by atoms with Crippen molar-refractivity contribution in [2.45, 2.75) is 39.2 Å². The predicted octanol–water partition coefficient (Wildman–Crippen LogP) is 0.642. The van der Waals surface area contributed by atoms with Crippen LogP contribution in [0.15, 0.2) is 0 Å². The lowest BCUT2D eigenvalue weighted by Gasteiger charge is -2.26. The van der Waals surface area contributed by atoms with Crippen LogP contribution in [-0.4, -0.2) is 24.7 Å². The van der Waals surface area contributed by atoms with Gasteiger partial charge in [-0.2, -0.15) is 0 Å². The topological polar surface area (TPSA) is 78.3 Å². The number of primary amides is 1. The smallest absolute Gasteiger partial charge is 0.222 e. The molecule has 0 bridgehead atoms. The van der Waals surface area contributed by atoms with E-state index in [-0.39, 0.29) is 17.4 Å². The largest absolute Gasteiger partial charge is 0.379 e. The summed E-state index contributed by atoms with van der Waals surface area (Å²) in [6.07, 6.45) is 1.74. The number of ether oxygens (including phenoxy) is 1. The zero-order chi connectivity index (χ0) is 11.2. The normalized spacial score (nSPS) is 14.0. The van der Waals surface area contributed by atoms with E-state index in [0.29, 0.717) is 13.2 Å². The van der Waals surface area contributed by atoms with Crippen LogP contribution < -0.4 is 11.5 Å². The molecule has 1 unspecified atom stereocenters. The Bertz CT molecular complexity index is 179. The maximum absolute atomic E-state index is 10.7. The molecule has 0 rings (SSSR count). The fourth-order valence-corrected chi connectivity index (χ4v) is 0.975. The molecule has 0 aliphatic heterocycles. The second-order valence-electron chi connectivity index (χ2n) is 3.89. The Balaban J connectivity index is 3.77. The molecule has 0 aromatic rings. The molecule has 0 saturated carbocycles. The molecule has 4 nitrogen and oxygen atoms in total. The molecule has 0 fully saturated rings. The predicted molar refractivity (Wildman–Crippen MR) is 56.7 cm³/mol. The van der Waals surface area contributed by atoms with Crippen LogP contribution in [0, 0.1) is 5.92 Å². The highest BCUT2D eigenvalue weighted by atomic mass is 16.5. The molecule has 0 saturated heterocycles. The minimum Gasteiger partial charge on any atom is -0.379 e. The lowest BCUT2D eigenvalue weighted by molar-refractivity contribution is -0.123. The van der Waals surface area contributed by atoms with Crippen LogP contribution in [0.2, 0.25) is 0 Å². The summed E-state index contributed by atoms with van der Waals surface area (Å²) in [5, 5.41) is 0. The molecule has 0 aromatic carbocycles. The van der Waals surface area contributed by atoms with Crippen molar-refractivity contribution in [3.8, 4) is 0 Å². The summed E-state index contributed by atoms with van der Waals surface area (Å²) in [5.74, 6) is -0.575. The number of hydrogen-bond donors (Lipinski definition) is 2. The summed E-state index contributed by atoms with van der Waals surface area (Å²) in [7, 11) is 0. The van der Waals surface area contributed by atoms with E-state index in [9.17, 15) is 4.79 Å². The highest BCUT2D eigenvalue weighted by molar-refractivity contribution is 5.76. The molecule has 1 amide bonds. The second kappa shape index (κ2) is 5.98. The zero-order valence-corrected chi connectivity index (χ0v) is 9.38. The number of nitrogens with two attached hydrogens (primary N) is 2. The Labute approximate surface area is 86.0 Å². The number of rotatable bonds is 7. The van der Waals surface area contributed by atoms with Gasteiger partial charge in [0.05, 0.1) is 19.1 Å². The minimum absolute atomic E-state index is 0.243. The molecule has 0 aliphatic carbocycles. The van der Waals surface area contributed by atoms with Gasteiger partial charge in [-0.05, 0) is 12.8 Å². The molecular weight excluding hydrogens is 180 g/mol. The lowest BCUT2D eigenvalue weighted by Crippen LogP contribution is -2.43. The Morgan fingerprint density at radius 3 is 2.29 bits per heavy atom. The van der Waals surface area contributed by atoms with E-state index in [1.807, 2.05) is 13.8 Å². The van der Waals surface area contributed by atoms with Crippen LogP contribution in [0.4, 0.5) is 0 Å². The van der Waals surface area contributed by atoms with Crippen molar-refractivity contribution < 1.29 is 9.53 Å². The molecule has 14 heavy (non-hydrogen) atoms. The molecule has 4 N–H and O–H groups in total. The van der Waals surface area contributed by atoms with Gasteiger partial charge in [-0.25, -0.2) is 0 Å². The van der Waals surface area contributed by atoms with Gasteiger partial charge in [-0.1, -0.05) is 20.8 Å². The Morgan fingerprint density at radius 2 is 1.93 bits per heavy atom. The molecule has 0 aliphatic rings. The van der Waals surface area contributed by atoms with Crippen LogP contribution in [0.3, 0.4) is 0 Å². The number of carbonyl (C=O) groups is 1. The second-order valence-corrected chi connectivity index (χ2v) is 3.89. The van der Waals surface area contributed by atoms with E-state index in [1.54, 1.807) is 6.92 Å². The molecular formula is C10H22N2O2. The number of carbonyl (C=O) groups excluding carboxylic acids is 1. The maximum atomic E-state index is 10.7. The minimum atomic E-state index is -0.333. The van der Waals surface area contributed by atoms with Crippen LogP contribution in [-0.2, 0) is 9.53 Å². The average molecular weight is 202 g/mol. The molecule has 0 heterocycles. The average Bonchev–Trinajstić information content (AvgIpc) is 2.17. The summed E-state index contributed by atoms with van der Waals surface area (Å²) in [5.41, 5.74) is 10.9. The third-order valence-electron chi connectivity index (χ3n) is 2.65. The van der Waals surface area contributed by atoms with Crippen molar-refractivity contribution in [1.29, 1.82) is 0 Å². The fourth-order valence-electron chi connectivity index (χ4n) is 0.975. The van der Waals surface area contributed by atoms with Gasteiger partial charge >= 0.3 is 0 Å². The van der Waals surface area contributed by atoms with Crippen LogP contribution >= 0.6 is 0 Å². The van der Waals surface area contributed by atoms with Crippen LogP contribution in [0.1, 0.15) is 33.6 Å². The maximum Gasteiger partial charge on any atom is 0.222 e. The lowest BCUT2D eigenvalue weighted by atomic mass is 9.96. The van der Waals surface area contributed by atoms with Crippen molar-refractivity contribution in [1.82, 2.24) is 0 Å². The Hall–Kier alpha value is -0.610. The summed E-state index contributed by atoms with van der Waals surface area (Å²) in [6, 6.07) is 0. The third kappa shape index (κ3) is 4.58. The molecule has 0 aromatic heterocycles. The molecule has 84 valence electrons. The monoisotopic (exact) mass is 202 g/mol. The number of hydrogen-bond acceptors (Lipinski definition) is 3. The molecule has 4 heteroatoms. The van der Waals surface area contributed by atoms with Gasteiger partial charge < -0.3 is 16.2 Å². The van der Waals surface area contributed by atoms with E-state index in [2.05, 4.69) is 0 Å². The number of amides is 1. The molecule has 0 radical (unpaired) electrons. The summed E-state index contributed by atoms with van der Waals surface area (Å²) >= 11 is 0. The van der Waals surface area contributed by atoms with E-state index < -0.39 is 0 Å². The van der Waals surface area contributed by atoms with Gasteiger partial charge in [0.25, 0.3) is 0 Å². The first-order valence-electron chi connectivity index (χ1n) is 5.11. The van der Waals surface area contributed by atoms with Crippen molar-refractivity contribution in [2.75, 3.05) is 13.2 Å². The van der Waals surface area contributed by atoms with Gasteiger partial charge in [0.15, 0.2) is 0 Å². The molecule has 1 atom stereocenters. The van der Waals surface area contributed by atoms with Crippen molar-refractivity contribution in [3.05, 3.63) is 0 Å². The van der Waals surface area contributed by atoms with Crippen molar-refractivity contribution in [3.63, 3.8) is 0 Å². The van der Waals surface area contributed by atoms with Crippen LogP contribution in [0.5, 0.6) is 0 Å². The highest BCUT2D eigenvalue weighted by Crippen LogP contribution is 2.11. The van der Waals surface area contributed by atoms with Crippen molar-refractivity contribution in [2.24, 2.45) is 17.4 Å². The quantitative estimate of drug-likeness (QED) is 0.636. The van der Waals surface area contributed by atoms with Gasteiger partial charge in [0, 0.05) is 5.54 Å². The van der Waals surface area contributed by atoms with Gasteiger partial charge in [-0.3, -0.25) is 4.79 Å². The standard InChI is InChI=1S/C10H22N2O2/c1-4-10(12,5-2)7-14-6-8(3)9(11)13/h8H,4-7,12H2,1-3H3,(H2,11,13). The first-order chi connectivity index (χ1) is 6.45. The summed E-state index contributed by atoms with van der Waals surface area (Å²) in [4.78, 5) is 10.7. The highest BCUT2D eigenvalue weighted by Gasteiger charge is 2.21. The first kappa shape index (κ1) is 13.4. The first-order valence-corrected chi connectivity index (χ1v) is 5.11. The summed E-state index contributed by atoms with van der Waals surface area (Å²) in [6.45, 7) is 6.65. The zero-order valence-electron chi connectivity index (χ0n) is 9.38. The van der Waals surface area contributed by atoms with E-state index in [0.717, 1.165) is 12.8 Å². The SMILES string of the molecule is CCC(N)(CC)COCC(C)C(N)=O. The van der Waals surface area contributed by atoms with E-state index in [1.165, 1.54) is 0 Å². The Kier molecular flexibility index (Phi) is 5.72. The van der Waals surface area contributed by atoms with Gasteiger partial charge in [0.1, 0.15) is 0 Å². The van der Waals surface area contributed by atoms with E-state index >= 15 is 0 Å². The Morgan fingerprint density at radius 1 is 1.43 bits per heavy atom. The van der Waals surface area contributed by atoms with E-state index in [4.69, 9.17) is 16.2 Å². The van der Waals surface area contributed by atoms with Crippen LogP contribution in [0.25, 0.3) is 0 Å². The fraction of sp³-hybridized carbons (Fsp3) is 0.900. The molecule has 0 spiro atoms.